The molecule has 8 N–H and O–H groups in total. The lowest BCUT2D eigenvalue weighted by Crippen LogP contribution is -2.43. The monoisotopic (exact) mass is 494 g/mol. The van der Waals surface area contributed by atoms with Crippen LogP contribution in [-0.4, -0.2) is 53.5 Å². The third-order valence-electron chi connectivity index (χ3n) is 5.39. The van der Waals surface area contributed by atoms with E-state index in [1.54, 1.807) is 12.1 Å². The summed E-state index contributed by atoms with van der Waals surface area (Å²) in [6, 6.07) is 5.88. The van der Waals surface area contributed by atoms with Gasteiger partial charge in [-0.05, 0) is 42.3 Å². The van der Waals surface area contributed by atoms with Gasteiger partial charge in [-0.3, -0.25) is 14.5 Å². The van der Waals surface area contributed by atoms with Crippen molar-refractivity contribution in [3.05, 3.63) is 53.1 Å². The number of rotatable bonds is 7. The summed E-state index contributed by atoms with van der Waals surface area (Å²) in [7, 11) is 0. The molecule has 0 spiro atoms. The average Bonchev–Trinajstić information content (AvgIpc) is 3.20. The number of nitrogens with zero attached hydrogens (tertiary/aromatic N) is 1. The molecule has 0 radical (unpaired) electrons. The van der Waals surface area contributed by atoms with Crippen LogP contribution in [0, 0.1) is 0 Å². The van der Waals surface area contributed by atoms with E-state index in [0.717, 1.165) is 11.6 Å². The minimum Gasteiger partial charge on any atom is -0.506 e. The Labute approximate surface area is 198 Å². The molecule has 0 saturated carbocycles. The van der Waals surface area contributed by atoms with Gasteiger partial charge in [0.15, 0.2) is 0 Å². The summed E-state index contributed by atoms with van der Waals surface area (Å²) in [6.07, 6.45) is -4.05. The third kappa shape index (κ3) is 6.99. The fourth-order valence-corrected chi connectivity index (χ4v) is 3.74. The number of halogens is 3. The Morgan fingerprint density at radius 3 is 2.54 bits per heavy atom. The van der Waals surface area contributed by atoms with Gasteiger partial charge >= 0.3 is 12.2 Å². The number of carbonyl (C=O) groups is 3. The SMILES string of the molecule is NC(=O)Nc1ccc(C(F)(F)F)cc1C(=O)NCC(=O)N[C@H]1CCN(Cc2ccc(O)c(N)c2)C1. The highest BCUT2D eigenvalue weighted by atomic mass is 19.4. The first-order chi connectivity index (χ1) is 16.4. The van der Waals surface area contributed by atoms with Crippen LogP contribution in [0.5, 0.6) is 5.75 Å². The van der Waals surface area contributed by atoms with E-state index in [0.29, 0.717) is 38.2 Å². The highest BCUT2D eigenvalue weighted by molar-refractivity contribution is 6.04. The first-order valence-electron chi connectivity index (χ1n) is 10.6. The zero-order chi connectivity index (χ0) is 25.8. The van der Waals surface area contributed by atoms with Crippen LogP contribution in [0.3, 0.4) is 0 Å². The number of carbonyl (C=O) groups excluding carboxylic acids is 3. The van der Waals surface area contributed by atoms with Gasteiger partial charge in [0.1, 0.15) is 5.75 Å². The molecular formula is C22H25F3N6O4. The maximum absolute atomic E-state index is 13.0. The van der Waals surface area contributed by atoms with Crippen molar-refractivity contribution in [2.75, 3.05) is 30.7 Å². The van der Waals surface area contributed by atoms with Crippen LogP contribution in [0.1, 0.15) is 27.9 Å². The summed E-state index contributed by atoms with van der Waals surface area (Å²) in [5, 5.41) is 16.7. The zero-order valence-corrected chi connectivity index (χ0v) is 18.5. The van der Waals surface area contributed by atoms with Crippen molar-refractivity contribution in [1.29, 1.82) is 0 Å². The maximum atomic E-state index is 13.0. The predicted molar refractivity (Wildman–Crippen MR) is 121 cm³/mol. The quantitative estimate of drug-likeness (QED) is 0.253. The number of likely N-dealkylation sites (tertiary alicyclic amines) is 1. The van der Waals surface area contributed by atoms with Gasteiger partial charge in [0.05, 0.1) is 29.0 Å². The van der Waals surface area contributed by atoms with Gasteiger partial charge in [0.2, 0.25) is 5.91 Å². The number of amides is 4. The van der Waals surface area contributed by atoms with E-state index in [9.17, 15) is 32.7 Å². The fraction of sp³-hybridized carbons (Fsp3) is 0.318. The number of nitrogens with one attached hydrogen (secondary N) is 3. The van der Waals surface area contributed by atoms with Crippen LogP contribution in [0.25, 0.3) is 0 Å². The molecule has 1 aliphatic rings. The van der Waals surface area contributed by atoms with Crippen LogP contribution in [0.15, 0.2) is 36.4 Å². The van der Waals surface area contributed by atoms with Crippen LogP contribution in [0.4, 0.5) is 29.3 Å². The van der Waals surface area contributed by atoms with E-state index >= 15 is 0 Å². The summed E-state index contributed by atoms with van der Waals surface area (Å²) in [5.41, 5.74) is 10.1. The average molecular weight is 494 g/mol. The van der Waals surface area contributed by atoms with Crippen molar-refractivity contribution >= 4 is 29.2 Å². The molecule has 4 amide bonds. The van der Waals surface area contributed by atoms with Crippen molar-refractivity contribution in [2.45, 2.75) is 25.2 Å². The number of nitrogens with two attached hydrogens (primary N) is 2. The summed E-state index contributed by atoms with van der Waals surface area (Å²) in [5.74, 6) is -1.49. The standard InChI is InChI=1S/C22H25F3N6O4/c23-22(24,25)13-2-3-17(30-21(27)35)15(8-13)20(34)28-9-19(33)29-14-5-6-31(11-14)10-12-1-4-18(32)16(26)7-12/h1-4,7-8,14,32H,5-6,9-11,26H2,(H,28,34)(H,29,33)(H3,27,30,35)/t14-/m0/s1. The van der Waals surface area contributed by atoms with Crippen LogP contribution < -0.4 is 27.4 Å². The number of nitrogen functional groups attached to an aromatic ring is 1. The predicted octanol–water partition coefficient (Wildman–Crippen LogP) is 1.60. The van der Waals surface area contributed by atoms with E-state index in [2.05, 4.69) is 20.9 Å². The Bertz CT molecular complexity index is 1120. The van der Waals surface area contributed by atoms with Crippen LogP contribution >= 0.6 is 0 Å². The lowest BCUT2D eigenvalue weighted by Gasteiger charge is -2.17. The number of urea groups is 1. The van der Waals surface area contributed by atoms with Crippen LogP contribution in [-0.2, 0) is 17.5 Å². The van der Waals surface area contributed by atoms with Gasteiger partial charge in [0, 0.05) is 25.7 Å². The van der Waals surface area contributed by atoms with Gasteiger partial charge in [0.25, 0.3) is 5.91 Å². The highest BCUT2D eigenvalue weighted by Crippen LogP contribution is 2.32. The lowest BCUT2D eigenvalue weighted by molar-refractivity contribution is -0.137. The minimum atomic E-state index is -4.71. The van der Waals surface area contributed by atoms with Crippen molar-refractivity contribution < 1.29 is 32.7 Å². The van der Waals surface area contributed by atoms with Gasteiger partial charge in [-0.15, -0.1) is 0 Å². The Kier molecular flexibility index (Phi) is 7.69. The van der Waals surface area contributed by atoms with E-state index in [1.165, 1.54) is 6.07 Å². The highest BCUT2D eigenvalue weighted by Gasteiger charge is 2.32. The molecule has 2 aromatic carbocycles. The van der Waals surface area contributed by atoms with E-state index < -0.39 is 41.7 Å². The molecule has 0 aliphatic carbocycles. The molecule has 1 aliphatic heterocycles. The largest absolute Gasteiger partial charge is 0.506 e. The first kappa shape index (κ1) is 25.6. The van der Waals surface area contributed by atoms with Crippen LogP contribution in [0.2, 0.25) is 0 Å². The number of alkyl halides is 3. The Balaban J connectivity index is 1.54. The number of hydrogen-bond donors (Lipinski definition) is 6. The molecule has 3 rings (SSSR count). The second-order valence-corrected chi connectivity index (χ2v) is 8.11. The molecule has 10 nitrogen and oxygen atoms in total. The normalized spacial score (nSPS) is 16.0. The summed E-state index contributed by atoms with van der Waals surface area (Å²) in [6.45, 7) is 1.33. The Morgan fingerprint density at radius 2 is 1.89 bits per heavy atom. The number of phenols is 1. The number of aromatic hydroxyl groups is 1. The van der Waals surface area contributed by atoms with Gasteiger partial charge in [-0.2, -0.15) is 13.2 Å². The van der Waals surface area contributed by atoms with Crippen molar-refractivity contribution in [2.24, 2.45) is 5.73 Å². The van der Waals surface area contributed by atoms with Gasteiger partial charge in [-0.25, -0.2) is 4.79 Å². The third-order valence-corrected chi connectivity index (χ3v) is 5.39. The summed E-state index contributed by atoms with van der Waals surface area (Å²) in [4.78, 5) is 38.0. The first-order valence-corrected chi connectivity index (χ1v) is 10.6. The molecule has 1 atom stereocenters. The molecule has 0 bridgehead atoms. The number of hydrogen-bond acceptors (Lipinski definition) is 6. The summed E-state index contributed by atoms with van der Waals surface area (Å²) >= 11 is 0. The number of phenolic OH excluding ortho intramolecular Hbond substituents is 1. The minimum absolute atomic E-state index is 0.00465. The lowest BCUT2D eigenvalue weighted by atomic mass is 10.1. The molecule has 0 aromatic heterocycles. The Hall–Kier alpha value is -4.00. The smallest absolute Gasteiger partial charge is 0.416 e. The van der Waals surface area contributed by atoms with Gasteiger partial charge in [-0.1, -0.05) is 6.07 Å². The molecule has 13 heteroatoms. The zero-order valence-electron chi connectivity index (χ0n) is 18.5. The topological polar surface area (TPSA) is 163 Å². The molecule has 35 heavy (non-hydrogen) atoms. The fourth-order valence-electron chi connectivity index (χ4n) is 3.74. The second kappa shape index (κ2) is 10.5. The van der Waals surface area contributed by atoms with E-state index in [4.69, 9.17) is 11.5 Å². The molecule has 1 heterocycles. The molecular weight excluding hydrogens is 469 g/mol. The molecule has 188 valence electrons. The molecule has 1 saturated heterocycles. The second-order valence-electron chi connectivity index (χ2n) is 8.11. The van der Waals surface area contributed by atoms with E-state index in [-0.39, 0.29) is 23.2 Å². The molecule has 0 unspecified atom stereocenters. The Morgan fingerprint density at radius 1 is 1.14 bits per heavy atom. The molecule has 2 aromatic rings. The summed E-state index contributed by atoms with van der Waals surface area (Å²) < 4.78 is 39.1. The number of primary amides is 1. The van der Waals surface area contributed by atoms with E-state index in [1.807, 2.05) is 0 Å². The number of anilines is 2. The van der Waals surface area contributed by atoms with Crippen molar-refractivity contribution in [3.63, 3.8) is 0 Å². The number of benzene rings is 2. The van der Waals surface area contributed by atoms with Crippen molar-refractivity contribution in [3.8, 4) is 5.75 Å². The van der Waals surface area contributed by atoms with Crippen molar-refractivity contribution in [1.82, 2.24) is 15.5 Å². The maximum Gasteiger partial charge on any atom is 0.416 e. The molecule has 1 fully saturated rings. The van der Waals surface area contributed by atoms with Gasteiger partial charge < -0.3 is 32.5 Å².